The second kappa shape index (κ2) is 11.2. The van der Waals surface area contributed by atoms with Crippen LogP contribution >= 0.6 is 11.3 Å². The highest BCUT2D eigenvalue weighted by Crippen LogP contribution is 2.31. The van der Waals surface area contributed by atoms with Gasteiger partial charge in [-0.1, -0.05) is 19.1 Å². The molecular weight excluding hydrogens is 533 g/mol. The molecule has 0 aliphatic rings. The fraction of sp³-hybridized carbons (Fsp3) is 0.273. The summed E-state index contributed by atoms with van der Waals surface area (Å²) < 4.78 is 77.1. The molecule has 0 atom stereocenters. The minimum Gasteiger partial charge on any atom is -0.471 e. The molecular formula is C22H23F3N6O4S2. The number of nitrogens with zero attached hydrogens (tertiary/aromatic N) is 3. The number of nitrogens with one attached hydrogen (secondary N) is 3. The van der Waals surface area contributed by atoms with E-state index >= 15 is 0 Å². The van der Waals surface area contributed by atoms with Gasteiger partial charge < -0.3 is 20.1 Å². The second-order valence-corrected chi connectivity index (χ2v) is 9.94. The van der Waals surface area contributed by atoms with Gasteiger partial charge in [0.1, 0.15) is 12.4 Å². The lowest BCUT2D eigenvalue weighted by atomic mass is 10.1. The molecule has 0 spiro atoms. The number of rotatable bonds is 12. The summed E-state index contributed by atoms with van der Waals surface area (Å²) in [7, 11) is -4.14. The minimum absolute atomic E-state index is 0.0364. The van der Waals surface area contributed by atoms with Gasteiger partial charge in [0.05, 0.1) is 10.9 Å². The second-order valence-electron chi connectivity index (χ2n) is 7.55. The SMILES string of the molecule is CCNCCNc1cc(OC(F)(F)F)ccc1COc1nn(S(=O)(=O)Nc2nccs2)c2ccccc12. The van der Waals surface area contributed by atoms with Crippen LogP contribution in [0.1, 0.15) is 12.5 Å². The number of para-hydroxylation sites is 1. The summed E-state index contributed by atoms with van der Waals surface area (Å²) in [5, 5.41) is 12.6. The fourth-order valence-electron chi connectivity index (χ4n) is 3.38. The number of hydrogen-bond acceptors (Lipinski definition) is 9. The molecule has 4 aromatic rings. The largest absolute Gasteiger partial charge is 0.573 e. The number of halogens is 3. The number of anilines is 2. The van der Waals surface area contributed by atoms with E-state index in [4.69, 9.17) is 4.74 Å². The molecule has 0 radical (unpaired) electrons. The van der Waals surface area contributed by atoms with Crippen LogP contribution in [0, 0.1) is 0 Å². The van der Waals surface area contributed by atoms with E-state index in [1.165, 1.54) is 24.4 Å². The van der Waals surface area contributed by atoms with Crippen molar-refractivity contribution in [1.29, 1.82) is 0 Å². The Hall–Kier alpha value is -3.56. The molecule has 198 valence electrons. The van der Waals surface area contributed by atoms with Crippen molar-refractivity contribution in [2.45, 2.75) is 19.9 Å². The van der Waals surface area contributed by atoms with Crippen molar-refractivity contribution in [3.63, 3.8) is 0 Å². The highest BCUT2D eigenvalue weighted by Gasteiger charge is 2.31. The lowest BCUT2D eigenvalue weighted by molar-refractivity contribution is -0.274. The molecule has 2 heterocycles. The van der Waals surface area contributed by atoms with E-state index in [1.807, 2.05) is 6.92 Å². The average molecular weight is 557 g/mol. The molecule has 4 rings (SSSR count). The monoisotopic (exact) mass is 556 g/mol. The van der Waals surface area contributed by atoms with Gasteiger partial charge in [0, 0.05) is 42.0 Å². The van der Waals surface area contributed by atoms with E-state index in [9.17, 15) is 21.6 Å². The maximum absolute atomic E-state index is 13.0. The normalized spacial score (nSPS) is 12.0. The number of hydrogen-bond donors (Lipinski definition) is 3. The molecule has 0 aliphatic carbocycles. The summed E-state index contributed by atoms with van der Waals surface area (Å²) in [6.45, 7) is 3.60. The van der Waals surface area contributed by atoms with Gasteiger partial charge in [-0.25, -0.2) is 9.71 Å². The Morgan fingerprint density at radius 1 is 1.14 bits per heavy atom. The molecule has 2 aromatic heterocycles. The van der Waals surface area contributed by atoms with Crippen LogP contribution < -0.4 is 24.8 Å². The molecule has 0 bridgehead atoms. The van der Waals surface area contributed by atoms with Gasteiger partial charge in [0.2, 0.25) is 5.88 Å². The van der Waals surface area contributed by atoms with E-state index in [0.29, 0.717) is 29.7 Å². The molecule has 0 unspecified atom stereocenters. The first-order valence-corrected chi connectivity index (χ1v) is 13.3. The average Bonchev–Trinajstić information content (AvgIpc) is 3.48. The standard InChI is InChI=1S/C22H23F3N6O4S2/c1-2-26-9-10-27-18-13-16(35-22(23,24)25)8-7-15(18)14-34-20-17-5-3-4-6-19(17)31(29-20)37(32,33)30-21-28-11-12-36-21/h3-8,11-13,26-27H,2,9-10,14H2,1H3,(H,28,30). The van der Waals surface area contributed by atoms with Gasteiger partial charge in [-0.3, -0.25) is 0 Å². The molecule has 0 amide bonds. The van der Waals surface area contributed by atoms with Crippen molar-refractivity contribution in [2.75, 3.05) is 29.7 Å². The van der Waals surface area contributed by atoms with Crippen molar-refractivity contribution in [2.24, 2.45) is 0 Å². The number of alkyl halides is 3. The van der Waals surface area contributed by atoms with Crippen molar-refractivity contribution in [1.82, 2.24) is 19.5 Å². The third-order valence-electron chi connectivity index (χ3n) is 4.94. The molecule has 15 heteroatoms. The Labute approximate surface area is 214 Å². The summed E-state index contributed by atoms with van der Waals surface area (Å²) in [6.07, 6.45) is -3.36. The Balaban J connectivity index is 1.59. The highest BCUT2D eigenvalue weighted by molar-refractivity contribution is 7.91. The van der Waals surface area contributed by atoms with E-state index in [1.54, 1.807) is 29.6 Å². The molecule has 0 saturated carbocycles. The highest BCUT2D eigenvalue weighted by atomic mass is 32.2. The van der Waals surface area contributed by atoms with Gasteiger partial charge in [0.15, 0.2) is 5.13 Å². The summed E-state index contributed by atoms with van der Waals surface area (Å²) >= 11 is 1.11. The van der Waals surface area contributed by atoms with Crippen LogP contribution in [0.4, 0.5) is 24.0 Å². The molecule has 10 nitrogen and oxygen atoms in total. The number of thiazole rings is 1. The van der Waals surface area contributed by atoms with E-state index in [2.05, 4.69) is 30.2 Å². The summed E-state index contributed by atoms with van der Waals surface area (Å²) in [6, 6.07) is 10.5. The van der Waals surface area contributed by atoms with Crippen molar-refractivity contribution < 1.29 is 31.1 Å². The molecule has 0 saturated heterocycles. The Kier molecular flexibility index (Phi) is 8.04. The lowest BCUT2D eigenvalue weighted by Crippen LogP contribution is -2.22. The molecule has 37 heavy (non-hydrogen) atoms. The molecule has 0 fully saturated rings. The fourth-order valence-corrected chi connectivity index (χ4v) is 5.22. The van der Waals surface area contributed by atoms with Crippen LogP contribution in [0.25, 0.3) is 10.9 Å². The van der Waals surface area contributed by atoms with Gasteiger partial charge in [-0.15, -0.1) is 33.7 Å². The first kappa shape index (κ1) is 26.5. The maximum Gasteiger partial charge on any atom is 0.573 e. The number of fused-ring (bicyclic) bond motifs is 1. The molecule has 2 aromatic carbocycles. The Bertz CT molecular complexity index is 1440. The summed E-state index contributed by atoms with van der Waals surface area (Å²) in [4.78, 5) is 3.93. The van der Waals surface area contributed by atoms with Gasteiger partial charge in [0.25, 0.3) is 0 Å². The third-order valence-corrected chi connectivity index (χ3v) is 6.95. The lowest BCUT2D eigenvalue weighted by Gasteiger charge is -2.15. The molecule has 0 aliphatic heterocycles. The van der Waals surface area contributed by atoms with Crippen LogP contribution in [-0.2, 0) is 16.8 Å². The van der Waals surface area contributed by atoms with Gasteiger partial charge >= 0.3 is 16.6 Å². The number of likely N-dealkylation sites (N-methyl/N-ethyl adjacent to an activating group) is 1. The van der Waals surface area contributed by atoms with E-state index < -0.39 is 16.6 Å². The third kappa shape index (κ3) is 6.81. The van der Waals surface area contributed by atoms with Crippen LogP contribution in [0.5, 0.6) is 11.6 Å². The maximum atomic E-state index is 13.0. The molecule has 3 N–H and O–H groups in total. The van der Waals surface area contributed by atoms with E-state index in [0.717, 1.165) is 22.0 Å². The minimum atomic E-state index is -4.83. The van der Waals surface area contributed by atoms with Gasteiger partial charge in [-0.05, 0) is 30.8 Å². The van der Waals surface area contributed by atoms with Crippen LogP contribution in [-0.4, -0.2) is 48.6 Å². The first-order chi connectivity index (χ1) is 17.7. The number of benzene rings is 2. The van der Waals surface area contributed by atoms with Crippen molar-refractivity contribution in [3.05, 3.63) is 59.6 Å². The zero-order chi connectivity index (χ0) is 26.5. The van der Waals surface area contributed by atoms with Crippen molar-refractivity contribution in [3.8, 4) is 11.6 Å². The summed E-state index contributed by atoms with van der Waals surface area (Å²) in [5.74, 6) is -0.342. The predicted molar refractivity (Wildman–Crippen MR) is 134 cm³/mol. The number of aromatic nitrogens is 3. The Morgan fingerprint density at radius 2 is 1.95 bits per heavy atom. The first-order valence-electron chi connectivity index (χ1n) is 11.0. The van der Waals surface area contributed by atoms with Crippen LogP contribution in [0.2, 0.25) is 0 Å². The van der Waals surface area contributed by atoms with Crippen molar-refractivity contribution >= 4 is 43.3 Å². The smallest absolute Gasteiger partial charge is 0.471 e. The number of ether oxygens (including phenoxy) is 2. The van der Waals surface area contributed by atoms with Crippen LogP contribution in [0.15, 0.2) is 54.0 Å². The van der Waals surface area contributed by atoms with Crippen LogP contribution in [0.3, 0.4) is 0 Å². The predicted octanol–water partition coefficient (Wildman–Crippen LogP) is 4.20. The zero-order valence-corrected chi connectivity index (χ0v) is 21.1. The summed E-state index contributed by atoms with van der Waals surface area (Å²) in [5.41, 5.74) is 1.18. The topological polar surface area (TPSA) is 119 Å². The Morgan fingerprint density at radius 3 is 2.68 bits per heavy atom. The van der Waals surface area contributed by atoms with E-state index in [-0.39, 0.29) is 28.9 Å². The zero-order valence-electron chi connectivity index (χ0n) is 19.4. The van der Waals surface area contributed by atoms with Gasteiger partial charge in [-0.2, -0.15) is 8.42 Å². The quantitative estimate of drug-likeness (QED) is 0.222.